The van der Waals surface area contributed by atoms with Gasteiger partial charge in [-0.15, -0.1) is 16.9 Å². The Bertz CT molecular complexity index is 1230. The molecule has 190 valence electrons. The number of amides is 2. The van der Waals surface area contributed by atoms with E-state index in [1.807, 2.05) is 0 Å². The summed E-state index contributed by atoms with van der Waals surface area (Å²) >= 11 is 2.43. The Balaban J connectivity index is 1.45. The first kappa shape index (κ1) is 25.5. The fraction of sp³-hybridized carbons (Fsp3) is 0.333. The number of carbonyl (C=O) groups is 4. The summed E-state index contributed by atoms with van der Waals surface area (Å²) in [4.78, 5) is 50.7. The maximum atomic E-state index is 12.9. The Morgan fingerprint density at radius 1 is 1.36 bits per heavy atom. The van der Waals surface area contributed by atoms with Gasteiger partial charge in [-0.2, -0.15) is 0 Å². The Morgan fingerprint density at radius 3 is 2.75 bits per heavy atom. The number of ether oxygens (including phenoxy) is 1. The Kier molecular flexibility index (Phi) is 7.51. The van der Waals surface area contributed by atoms with E-state index < -0.39 is 41.2 Å². The van der Waals surface area contributed by atoms with Gasteiger partial charge in [0.2, 0.25) is 11.6 Å². The quantitative estimate of drug-likeness (QED) is 0.167. The summed E-state index contributed by atoms with van der Waals surface area (Å²) in [7, 11) is 0. The van der Waals surface area contributed by atoms with E-state index in [-0.39, 0.29) is 35.3 Å². The number of aliphatic carboxylic acids is 1. The topological polar surface area (TPSA) is 201 Å². The lowest BCUT2D eigenvalue weighted by atomic mass is 10.0. The van der Waals surface area contributed by atoms with Crippen LogP contribution in [-0.2, 0) is 19.1 Å². The number of fused-ring (bicyclic) bond motifs is 1. The van der Waals surface area contributed by atoms with E-state index >= 15 is 0 Å². The van der Waals surface area contributed by atoms with Gasteiger partial charge in [0.05, 0.1) is 6.61 Å². The van der Waals surface area contributed by atoms with E-state index in [4.69, 9.17) is 10.5 Å². The molecule has 0 aliphatic carbocycles. The first-order valence-electron chi connectivity index (χ1n) is 10.7. The number of rotatable bonds is 9. The third kappa shape index (κ3) is 4.89. The van der Waals surface area contributed by atoms with Crippen molar-refractivity contribution in [1.82, 2.24) is 25.6 Å². The Morgan fingerprint density at radius 2 is 2.08 bits per heavy atom. The number of β-lactam (4-membered cyclic amide) rings is 1. The van der Waals surface area contributed by atoms with Crippen molar-refractivity contribution in [3.63, 3.8) is 0 Å². The number of carbonyl (C=O) groups excluding carboxylic acids is 3. The largest absolute Gasteiger partial charge is 0.508 e. The zero-order chi connectivity index (χ0) is 26.0. The Hall–Kier alpha value is -3.56. The van der Waals surface area contributed by atoms with E-state index in [1.165, 1.54) is 36.0 Å². The molecule has 36 heavy (non-hydrogen) atoms. The molecule has 0 bridgehead atoms. The van der Waals surface area contributed by atoms with Crippen LogP contribution in [0.2, 0.25) is 0 Å². The van der Waals surface area contributed by atoms with Gasteiger partial charge in [-0.3, -0.25) is 19.6 Å². The summed E-state index contributed by atoms with van der Waals surface area (Å²) in [5.74, 6) is -2.62. The number of H-pyrrole nitrogens is 1. The first-order chi connectivity index (χ1) is 17.2. The highest BCUT2D eigenvalue weighted by molar-refractivity contribution is 8.01. The second kappa shape index (κ2) is 10.6. The maximum Gasteiger partial charge on any atom is 0.361 e. The molecule has 2 aliphatic rings. The summed E-state index contributed by atoms with van der Waals surface area (Å²) in [6, 6.07) is 3.80. The van der Waals surface area contributed by atoms with Gasteiger partial charge >= 0.3 is 11.9 Å². The number of phenols is 1. The number of hydrogen-bond acceptors (Lipinski definition) is 11. The number of aromatic nitrogens is 3. The molecule has 1 aromatic heterocycles. The van der Waals surface area contributed by atoms with Crippen LogP contribution in [0.3, 0.4) is 0 Å². The third-order valence-electron chi connectivity index (χ3n) is 5.46. The molecule has 1 fully saturated rings. The second-order valence-electron chi connectivity index (χ2n) is 7.72. The summed E-state index contributed by atoms with van der Waals surface area (Å²) in [6.45, 7) is 1.82. The molecular weight excluding hydrogens is 512 g/mol. The summed E-state index contributed by atoms with van der Waals surface area (Å²) in [5.41, 5.74) is 6.74. The minimum absolute atomic E-state index is 0.00608. The van der Waals surface area contributed by atoms with Crippen molar-refractivity contribution in [3.8, 4) is 5.75 Å². The van der Waals surface area contributed by atoms with Crippen LogP contribution in [0.15, 0.2) is 40.6 Å². The van der Waals surface area contributed by atoms with Gasteiger partial charge < -0.3 is 26.0 Å². The summed E-state index contributed by atoms with van der Waals surface area (Å²) in [6.07, 6.45) is 0. The minimum Gasteiger partial charge on any atom is -0.508 e. The number of nitrogens with two attached hydrogens (primary N) is 1. The van der Waals surface area contributed by atoms with Crippen LogP contribution in [0, 0.1) is 0 Å². The van der Waals surface area contributed by atoms with Gasteiger partial charge in [-0.25, -0.2) is 9.59 Å². The molecule has 3 heterocycles. The molecule has 6 N–H and O–H groups in total. The Labute approximate surface area is 212 Å². The van der Waals surface area contributed by atoms with Crippen LogP contribution >= 0.6 is 23.5 Å². The minimum atomic E-state index is -1.27. The second-order valence-corrected chi connectivity index (χ2v) is 9.81. The lowest BCUT2D eigenvalue weighted by molar-refractivity contribution is -0.150. The predicted molar refractivity (Wildman–Crippen MR) is 128 cm³/mol. The number of benzene rings is 1. The van der Waals surface area contributed by atoms with Gasteiger partial charge in [0, 0.05) is 11.5 Å². The molecule has 1 aromatic carbocycles. The SMILES string of the molecule is CCOC(=O)c1nn[nH]c1SCC1=C(C(=O)O)N2C(=O)C(NC(=O)C(N)c3ccc(O)cc3)[C@@H]2SC1. The molecule has 1 saturated heterocycles. The van der Waals surface area contributed by atoms with Gasteiger partial charge in [0.1, 0.15) is 33.9 Å². The van der Waals surface area contributed by atoms with E-state index in [0.717, 1.165) is 16.7 Å². The highest BCUT2D eigenvalue weighted by Crippen LogP contribution is 2.41. The van der Waals surface area contributed by atoms with Crippen molar-refractivity contribution in [1.29, 1.82) is 0 Å². The van der Waals surface area contributed by atoms with Crippen molar-refractivity contribution in [2.24, 2.45) is 5.73 Å². The molecule has 0 spiro atoms. The van der Waals surface area contributed by atoms with E-state index in [0.29, 0.717) is 16.2 Å². The van der Waals surface area contributed by atoms with Crippen LogP contribution < -0.4 is 11.1 Å². The highest BCUT2D eigenvalue weighted by atomic mass is 32.2. The van der Waals surface area contributed by atoms with Crippen LogP contribution in [-0.4, -0.2) is 83.8 Å². The van der Waals surface area contributed by atoms with Crippen LogP contribution in [0.5, 0.6) is 5.75 Å². The van der Waals surface area contributed by atoms with Gasteiger partial charge in [-0.05, 0) is 30.2 Å². The fourth-order valence-corrected chi connectivity index (χ4v) is 6.08. The number of thioether (sulfide) groups is 2. The van der Waals surface area contributed by atoms with E-state index in [9.17, 15) is 29.4 Å². The number of aromatic amines is 1. The molecule has 13 nitrogen and oxygen atoms in total. The average molecular weight is 535 g/mol. The third-order valence-corrected chi connectivity index (χ3v) is 7.86. The van der Waals surface area contributed by atoms with Crippen molar-refractivity contribution in [2.45, 2.75) is 29.4 Å². The average Bonchev–Trinajstić information content (AvgIpc) is 3.34. The van der Waals surface area contributed by atoms with Crippen molar-refractivity contribution < 1.29 is 34.1 Å². The number of hydrogen-bond donors (Lipinski definition) is 5. The lowest BCUT2D eigenvalue weighted by Crippen LogP contribution is -2.71. The first-order valence-corrected chi connectivity index (χ1v) is 12.7. The van der Waals surface area contributed by atoms with Crippen LogP contribution in [0.25, 0.3) is 0 Å². The highest BCUT2D eigenvalue weighted by Gasteiger charge is 2.54. The number of nitrogens with zero attached hydrogens (tertiary/aromatic N) is 3. The van der Waals surface area contributed by atoms with Crippen LogP contribution in [0.4, 0.5) is 0 Å². The van der Waals surface area contributed by atoms with Crippen LogP contribution in [0.1, 0.15) is 29.0 Å². The van der Waals surface area contributed by atoms with Crippen molar-refractivity contribution >= 4 is 47.3 Å². The predicted octanol–water partition coefficient (Wildman–Crippen LogP) is 0.218. The molecule has 2 unspecified atom stereocenters. The molecule has 15 heteroatoms. The zero-order valence-electron chi connectivity index (χ0n) is 18.8. The summed E-state index contributed by atoms with van der Waals surface area (Å²) < 4.78 is 4.93. The molecule has 3 atom stereocenters. The number of nitrogens with one attached hydrogen (secondary N) is 2. The molecule has 0 radical (unpaired) electrons. The molecule has 0 saturated carbocycles. The number of carboxylic acids is 1. The van der Waals surface area contributed by atoms with Gasteiger partial charge in [0.25, 0.3) is 5.91 Å². The standard InChI is InChI=1S/C21H22N6O7S2/c1-2-34-21(33)13-17(25-26-24-13)35-7-10-8-36-19-14(18(30)27(19)15(10)20(31)32)23-16(29)12(22)9-3-5-11(28)6-4-9/h3-6,12,14,19,28H,2,7-8,22H2,1H3,(H,23,29)(H,31,32)(H,24,25,26)/t12?,14?,19-/m0/s1. The van der Waals surface area contributed by atoms with Crippen molar-refractivity contribution in [3.05, 3.63) is 46.8 Å². The van der Waals surface area contributed by atoms with E-state index in [1.54, 1.807) is 6.92 Å². The fourth-order valence-electron chi connectivity index (χ4n) is 3.68. The zero-order valence-corrected chi connectivity index (χ0v) is 20.5. The van der Waals surface area contributed by atoms with Gasteiger partial charge in [-0.1, -0.05) is 29.1 Å². The molecular formula is C21H22N6O7S2. The smallest absolute Gasteiger partial charge is 0.361 e. The normalized spacial score (nSPS) is 19.8. The van der Waals surface area contributed by atoms with Gasteiger partial charge in [0.15, 0.2) is 0 Å². The maximum absolute atomic E-state index is 12.9. The number of phenolic OH excluding ortho intramolecular Hbond substituents is 1. The van der Waals surface area contributed by atoms with E-state index in [2.05, 4.69) is 20.7 Å². The monoisotopic (exact) mass is 534 g/mol. The lowest BCUT2D eigenvalue weighted by Gasteiger charge is -2.49. The molecule has 2 aromatic rings. The molecule has 2 amide bonds. The molecule has 2 aliphatic heterocycles. The molecule has 4 rings (SSSR count). The van der Waals surface area contributed by atoms with Crippen molar-refractivity contribution in [2.75, 3.05) is 18.1 Å². The number of carboxylic acid groups (broad SMARTS) is 1. The number of aromatic hydroxyl groups is 1. The number of esters is 1. The summed E-state index contributed by atoms with van der Waals surface area (Å²) in [5, 5.41) is 31.5.